The lowest BCUT2D eigenvalue weighted by Crippen LogP contribution is -2.47. The summed E-state index contributed by atoms with van der Waals surface area (Å²) in [7, 11) is 2.05. The molecule has 0 spiro atoms. The first kappa shape index (κ1) is 17.2. The van der Waals surface area contributed by atoms with Crippen LogP contribution in [-0.4, -0.2) is 54.8 Å². The number of anilines is 1. The number of nitrogens with one attached hydrogen (secondary N) is 1. The second-order valence-corrected chi connectivity index (χ2v) is 6.46. The molecule has 2 amide bonds. The zero-order valence-electron chi connectivity index (χ0n) is 14.7. The van der Waals surface area contributed by atoms with Crippen molar-refractivity contribution in [2.45, 2.75) is 6.92 Å². The van der Waals surface area contributed by atoms with Gasteiger partial charge >= 0.3 is 0 Å². The molecule has 0 radical (unpaired) electrons. The van der Waals surface area contributed by atoms with Gasteiger partial charge in [-0.05, 0) is 38.2 Å². The second kappa shape index (κ2) is 7.49. The normalized spacial score (nSPS) is 15.0. The summed E-state index contributed by atoms with van der Waals surface area (Å²) < 4.78 is 0. The van der Waals surface area contributed by atoms with E-state index < -0.39 is 0 Å². The van der Waals surface area contributed by atoms with E-state index in [1.165, 1.54) is 0 Å². The van der Waals surface area contributed by atoms with Gasteiger partial charge in [-0.3, -0.25) is 9.59 Å². The first-order valence-corrected chi connectivity index (χ1v) is 8.49. The van der Waals surface area contributed by atoms with E-state index in [-0.39, 0.29) is 11.8 Å². The van der Waals surface area contributed by atoms with Gasteiger partial charge in [-0.1, -0.05) is 29.8 Å². The van der Waals surface area contributed by atoms with Crippen LogP contribution in [0.4, 0.5) is 5.69 Å². The minimum absolute atomic E-state index is 0.0343. The average molecular weight is 337 g/mol. The molecule has 0 unspecified atom stereocenters. The fourth-order valence-electron chi connectivity index (χ4n) is 2.86. The minimum Gasteiger partial charge on any atom is -0.336 e. The van der Waals surface area contributed by atoms with E-state index in [0.717, 1.165) is 18.7 Å². The Balaban J connectivity index is 1.77. The zero-order valence-corrected chi connectivity index (χ0v) is 14.7. The number of hydrogen-bond acceptors (Lipinski definition) is 3. The van der Waals surface area contributed by atoms with Gasteiger partial charge < -0.3 is 15.1 Å². The molecule has 1 heterocycles. The lowest BCUT2D eigenvalue weighted by molar-refractivity contribution is 0.0665. The SMILES string of the molecule is Cc1ccc(C(=O)Nc2ccccc2C(=O)N2CCN(C)CC2)cc1. The molecule has 2 aromatic carbocycles. The molecule has 1 fully saturated rings. The van der Waals surface area contributed by atoms with Crippen LogP contribution in [0.15, 0.2) is 48.5 Å². The molecule has 5 nitrogen and oxygen atoms in total. The monoisotopic (exact) mass is 337 g/mol. The standard InChI is InChI=1S/C20H23N3O2/c1-15-7-9-16(10-8-15)19(24)21-18-6-4-3-5-17(18)20(25)23-13-11-22(2)12-14-23/h3-10H,11-14H2,1-2H3,(H,21,24). The van der Waals surface area contributed by atoms with Crippen molar-refractivity contribution in [3.8, 4) is 0 Å². The number of para-hydroxylation sites is 1. The van der Waals surface area contributed by atoms with Crippen LogP contribution in [-0.2, 0) is 0 Å². The summed E-state index contributed by atoms with van der Waals surface area (Å²) in [4.78, 5) is 29.4. The van der Waals surface area contributed by atoms with Crippen molar-refractivity contribution in [2.75, 3.05) is 38.5 Å². The van der Waals surface area contributed by atoms with Gasteiger partial charge in [0.1, 0.15) is 0 Å². The summed E-state index contributed by atoms with van der Waals surface area (Å²) in [5.41, 5.74) is 2.76. The van der Waals surface area contributed by atoms with Crippen molar-refractivity contribution in [1.29, 1.82) is 0 Å². The van der Waals surface area contributed by atoms with Gasteiger partial charge in [0.05, 0.1) is 11.3 Å². The molecular weight excluding hydrogens is 314 g/mol. The van der Waals surface area contributed by atoms with Crippen LogP contribution < -0.4 is 5.32 Å². The van der Waals surface area contributed by atoms with Gasteiger partial charge in [-0.15, -0.1) is 0 Å². The Morgan fingerprint density at radius 3 is 2.24 bits per heavy atom. The predicted molar refractivity (Wildman–Crippen MR) is 99.0 cm³/mol. The molecule has 0 atom stereocenters. The fourth-order valence-corrected chi connectivity index (χ4v) is 2.86. The summed E-state index contributed by atoms with van der Waals surface area (Å²) in [6.07, 6.45) is 0. The van der Waals surface area contributed by atoms with Crippen molar-refractivity contribution in [2.24, 2.45) is 0 Å². The second-order valence-electron chi connectivity index (χ2n) is 6.46. The number of nitrogens with zero attached hydrogens (tertiary/aromatic N) is 2. The first-order chi connectivity index (χ1) is 12.0. The van der Waals surface area contributed by atoms with Gasteiger partial charge in [-0.25, -0.2) is 0 Å². The van der Waals surface area contributed by atoms with Crippen LogP contribution in [0.1, 0.15) is 26.3 Å². The third kappa shape index (κ3) is 4.06. The number of rotatable bonds is 3. The first-order valence-electron chi connectivity index (χ1n) is 8.49. The molecule has 3 rings (SSSR count). The molecule has 5 heteroatoms. The number of carbonyl (C=O) groups excluding carboxylic acids is 2. The van der Waals surface area contributed by atoms with Gasteiger partial charge in [-0.2, -0.15) is 0 Å². The third-order valence-corrected chi connectivity index (χ3v) is 4.51. The number of carbonyl (C=O) groups is 2. The smallest absolute Gasteiger partial charge is 0.256 e. The van der Waals surface area contributed by atoms with Gasteiger partial charge in [0, 0.05) is 31.7 Å². The lowest BCUT2D eigenvalue weighted by Gasteiger charge is -2.32. The molecule has 1 saturated heterocycles. The molecule has 130 valence electrons. The zero-order chi connectivity index (χ0) is 17.8. The summed E-state index contributed by atoms with van der Waals surface area (Å²) >= 11 is 0. The van der Waals surface area contributed by atoms with E-state index in [4.69, 9.17) is 0 Å². The summed E-state index contributed by atoms with van der Waals surface area (Å²) in [6.45, 7) is 5.12. The van der Waals surface area contributed by atoms with Crippen LogP contribution in [0.25, 0.3) is 0 Å². The van der Waals surface area contributed by atoms with E-state index in [0.29, 0.717) is 29.9 Å². The van der Waals surface area contributed by atoms with Crippen LogP contribution >= 0.6 is 0 Å². The maximum Gasteiger partial charge on any atom is 0.256 e. The van der Waals surface area contributed by atoms with Crippen molar-refractivity contribution >= 4 is 17.5 Å². The Hall–Kier alpha value is -2.66. The number of piperazine rings is 1. The molecule has 1 aliphatic heterocycles. The molecule has 2 aromatic rings. The number of aryl methyl sites for hydroxylation is 1. The molecular formula is C20H23N3O2. The van der Waals surface area contributed by atoms with Crippen molar-refractivity contribution < 1.29 is 9.59 Å². The van der Waals surface area contributed by atoms with Crippen LogP contribution in [0.3, 0.4) is 0 Å². The van der Waals surface area contributed by atoms with E-state index in [1.807, 2.05) is 36.1 Å². The fraction of sp³-hybridized carbons (Fsp3) is 0.300. The van der Waals surface area contributed by atoms with Gasteiger partial charge in [0.25, 0.3) is 11.8 Å². The Kier molecular flexibility index (Phi) is 5.14. The Labute approximate surface area is 148 Å². The topological polar surface area (TPSA) is 52.7 Å². The van der Waals surface area contributed by atoms with Crippen LogP contribution in [0.2, 0.25) is 0 Å². The third-order valence-electron chi connectivity index (χ3n) is 4.51. The number of benzene rings is 2. The number of amides is 2. The highest BCUT2D eigenvalue weighted by Gasteiger charge is 2.22. The van der Waals surface area contributed by atoms with Crippen molar-refractivity contribution in [3.05, 3.63) is 65.2 Å². The summed E-state index contributed by atoms with van der Waals surface area (Å²) in [5, 5.41) is 2.88. The van der Waals surface area contributed by atoms with Gasteiger partial charge in [0.15, 0.2) is 0 Å². The van der Waals surface area contributed by atoms with Crippen molar-refractivity contribution in [1.82, 2.24) is 9.80 Å². The quantitative estimate of drug-likeness (QED) is 0.937. The van der Waals surface area contributed by atoms with E-state index >= 15 is 0 Å². The molecule has 0 aliphatic carbocycles. The highest BCUT2D eigenvalue weighted by atomic mass is 16.2. The van der Waals surface area contributed by atoms with E-state index in [2.05, 4.69) is 17.3 Å². The molecule has 1 N–H and O–H groups in total. The van der Waals surface area contributed by atoms with Crippen molar-refractivity contribution in [3.63, 3.8) is 0 Å². The average Bonchev–Trinajstić information content (AvgIpc) is 2.63. The predicted octanol–water partition coefficient (Wildman–Crippen LogP) is 2.63. The van der Waals surface area contributed by atoms with Crippen LogP contribution in [0, 0.1) is 6.92 Å². The number of likely N-dealkylation sites (N-methyl/N-ethyl adjacent to an activating group) is 1. The van der Waals surface area contributed by atoms with Crippen LogP contribution in [0.5, 0.6) is 0 Å². The Bertz CT molecular complexity index is 763. The molecule has 0 saturated carbocycles. The largest absolute Gasteiger partial charge is 0.336 e. The highest BCUT2D eigenvalue weighted by molar-refractivity contribution is 6.09. The van der Waals surface area contributed by atoms with E-state index in [1.54, 1.807) is 24.3 Å². The molecule has 1 aliphatic rings. The maximum atomic E-state index is 12.8. The highest BCUT2D eigenvalue weighted by Crippen LogP contribution is 2.19. The Morgan fingerprint density at radius 2 is 1.56 bits per heavy atom. The lowest BCUT2D eigenvalue weighted by atomic mass is 10.1. The minimum atomic E-state index is -0.210. The summed E-state index contributed by atoms with van der Waals surface area (Å²) in [5.74, 6) is -0.244. The number of hydrogen-bond donors (Lipinski definition) is 1. The summed E-state index contributed by atoms with van der Waals surface area (Å²) in [6, 6.07) is 14.6. The van der Waals surface area contributed by atoms with E-state index in [9.17, 15) is 9.59 Å². The maximum absolute atomic E-state index is 12.8. The molecule has 0 aromatic heterocycles. The molecule has 0 bridgehead atoms. The van der Waals surface area contributed by atoms with Gasteiger partial charge in [0.2, 0.25) is 0 Å². The molecule has 25 heavy (non-hydrogen) atoms. The Morgan fingerprint density at radius 1 is 0.920 bits per heavy atom.